The van der Waals surface area contributed by atoms with Gasteiger partial charge in [0.15, 0.2) is 0 Å². The molecule has 0 bridgehead atoms. The zero-order valence-electron chi connectivity index (χ0n) is 26.2. The van der Waals surface area contributed by atoms with E-state index in [-0.39, 0.29) is 34.6 Å². The number of esters is 1. The number of epoxide rings is 1. The molecule has 1 saturated heterocycles. The van der Waals surface area contributed by atoms with Gasteiger partial charge in [-0.05, 0) is 81.1 Å². The van der Waals surface area contributed by atoms with Gasteiger partial charge >= 0.3 is 5.97 Å². The highest BCUT2D eigenvalue weighted by atomic mass is 16.6. The van der Waals surface area contributed by atoms with Crippen LogP contribution < -0.4 is 0 Å². The highest BCUT2D eigenvalue weighted by molar-refractivity contribution is 5.67. The fraction of sp³-hybridized carbons (Fsp3) is 0.848. The summed E-state index contributed by atoms with van der Waals surface area (Å²) in [6.45, 7) is 18.8. The van der Waals surface area contributed by atoms with Crippen LogP contribution in [0.15, 0.2) is 11.1 Å². The molecule has 8 atom stereocenters. The number of hydrogen-bond acceptors (Lipinski definition) is 5. The van der Waals surface area contributed by atoms with E-state index in [1.54, 1.807) is 0 Å². The Kier molecular flexibility index (Phi) is 12.3. The molecule has 39 heavy (non-hydrogen) atoms. The van der Waals surface area contributed by atoms with Crippen LogP contribution in [-0.4, -0.2) is 51.2 Å². The van der Waals surface area contributed by atoms with Gasteiger partial charge in [-0.25, -0.2) is 0 Å². The molecule has 0 amide bonds. The van der Waals surface area contributed by atoms with Crippen LogP contribution in [0.2, 0.25) is 0 Å². The maximum Gasteiger partial charge on any atom is 0.303 e. The second-order valence-electron chi connectivity index (χ2n) is 13.0. The molecule has 226 valence electrons. The Bertz CT molecular complexity index is 865. The van der Waals surface area contributed by atoms with Crippen LogP contribution in [-0.2, 0) is 14.3 Å². The van der Waals surface area contributed by atoms with Gasteiger partial charge < -0.3 is 25.2 Å². The second-order valence-corrected chi connectivity index (χ2v) is 13.0. The molecular weight excluding hydrogens is 492 g/mol. The number of aliphatic hydroxyl groups is 2. The Morgan fingerprint density at radius 2 is 1.79 bits per heavy atom. The Morgan fingerprint density at radius 1 is 1.21 bits per heavy atom. The molecule has 2 fully saturated rings. The molecule has 4 rings (SSSR count). The number of fused-ring (bicyclic) bond motifs is 2. The van der Waals surface area contributed by atoms with E-state index in [9.17, 15) is 15.0 Å². The standard InChI is InChI=1S/C29H48O5.C2H6.C2H2.H2O/c1-18(13-15-28(17-33-28)26(5,6)32)19(2)29(34-21(4)30)16-24(31)25-23(20(29)3)12-11-22-10-8-9-14-27(22,25)7;2*1-2;/h18-20,22,24,31-32H,8-17H2,1-7H3;1-2H3;1-2H;1H2/t18-,19?,20?,22?,24-,27-,28?,29-;;;/m0.../s1. The predicted molar refractivity (Wildman–Crippen MR) is 158 cm³/mol. The van der Waals surface area contributed by atoms with Crippen molar-refractivity contribution in [2.45, 2.75) is 143 Å². The van der Waals surface area contributed by atoms with Crippen molar-refractivity contribution in [1.29, 1.82) is 0 Å². The largest absolute Gasteiger partial charge is 0.458 e. The van der Waals surface area contributed by atoms with Crippen LogP contribution in [0.25, 0.3) is 0 Å². The summed E-state index contributed by atoms with van der Waals surface area (Å²) in [5.74, 6) is 0.812. The first kappa shape index (κ1) is 35.6. The van der Waals surface area contributed by atoms with Crippen LogP contribution in [0, 0.1) is 41.9 Å². The third kappa shape index (κ3) is 6.58. The Balaban J connectivity index is 0.00000145. The molecule has 1 heterocycles. The van der Waals surface area contributed by atoms with Gasteiger partial charge in [0, 0.05) is 19.3 Å². The summed E-state index contributed by atoms with van der Waals surface area (Å²) in [6.07, 6.45) is 16.7. The second kappa shape index (κ2) is 13.5. The van der Waals surface area contributed by atoms with Gasteiger partial charge in [0.05, 0.1) is 18.3 Å². The first-order valence-electron chi connectivity index (χ1n) is 15.1. The third-order valence-electron chi connectivity index (χ3n) is 10.8. The summed E-state index contributed by atoms with van der Waals surface area (Å²) < 4.78 is 12.0. The first-order chi connectivity index (χ1) is 17.8. The molecule has 1 saturated carbocycles. The van der Waals surface area contributed by atoms with Crippen molar-refractivity contribution in [2.75, 3.05) is 6.61 Å². The van der Waals surface area contributed by atoms with Gasteiger partial charge in [-0.1, -0.05) is 60.0 Å². The van der Waals surface area contributed by atoms with E-state index in [1.807, 2.05) is 27.7 Å². The highest BCUT2D eigenvalue weighted by Crippen LogP contribution is 2.60. The molecule has 0 aromatic carbocycles. The quantitative estimate of drug-likeness (QED) is 0.174. The van der Waals surface area contributed by atoms with Crippen molar-refractivity contribution in [1.82, 2.24) is 0 Å². The average molecular weight is 551 g/mol. The Labute approximate surface area is 238 Å². The van der Waals surface area contributed by atoms with Gasteiger partial charge in [0.25, 0.3) is 0 Å². The fourth-order valence-corrected chi connectivity index (χ4v) is 8.13. The van der Waals surface area contributed by atoms with Gasteiger partial charge in [-0.3, -0.25) is 4.79 Å². The molecule has 6 nitrogen and oxygen atoms in total. The highest BCUT2D eigenvalue weighted by Gasteiger charge is 2.59. The lowest BCUT2D eigenvalue weighted by molar-refractivity contribution is -0.181. The number of carbonyl (C=O) groups excluding carboxylic acids is 1. The van der Waals surface area contributed by atoms with E-state index in [4.69, 9.17) is 9.47 Å². The van der Waals surface area contributed by atoms with E-state index in [2.05, 4.69) is 40.5 Å². The smallest absolute Gasteiger partial charge is 0.303 e. The molecule has 4 unspecified atom stereocenters. The fourth-order valence-electron chi connectivity index (χ4n) is 8.13. The Hall–Kier alpha value is -1.39. The van der Waals surface area contributed by atoms with E-state index in [0.29, 0.717) is 18.9 Å². The zero-order chi connectivity index (χ0) is 29.1. The Morgan fingerprint density at radius 3 is 2.31 bits per heavy atom. The first-order valence-corrected chi connectivity index (χ1v) is 15.1. The summed E-state index contributed by atoms with van der Waals surface area (Å²) in [5.41, 5.74) is 0.680. The number of rotatable bonds is 7. The normalized spacial score (nSPS) is 36.7. The molecule has 0 aromatic rings. The molecule has 4 aliphatic rings. The molecule has 0 spiro atoms. The van der Waals surface area contributed by atoms with Gasteiger partial charge in [-0.2, -0.15) is 0 Å². The van der Waals surface area contributed by atoms with E-state index in [1.165, 1.54) is 43.8 Å². The third-order valence-corrected chi connectivity index (χ3v) is 10.8. The van der Waals surface area contributed by atoms with Crippen LogP contribution in [0.1, 0.15) is 120 Å². The number of terminal acetylenes is 1. The lowest BCUT2D eigenvalue weighted by Gasteiger charge is -2.57. The van der Waals surface area contributed by atoms with Crippen molar-refractivity contribution in [3.05, 3.63) is 11.1 Å². The SMILES string of the molecule is C#C.CC.CC(=O)O[C@]1(C(C)[C@@H](C)CCC2(C(C)(C)O)CO2)C[C@H](O)C2=C(CCC3CCCC[C@]23C)C1C.O. The monoisotopic (exact) mass is 550 g/mol. The average Bonchev–Trinajstić information content (AvgIpc) is 3.68. The summed E-state index contributed by atoms with van der Waals surface area (Å²) in [5, 5.41) is 22.2. The minimum absolute atomic E-state index is 0. The van der Waals surface area contributed by atoms with Crippen LogP contribution in [0.4, 0.5) is 0 Å². The van der Waals surface area contributed by atoms with Gasteiger partial charge in [0.1, 0.15) is 11.2 Å². The van der Waals surface area contributed by atoms with E-state index >= 15 is 0 Å². The number of ether oxygens (including phenoxy) is 2. The molecule has 1 aliphatic heterocycles. The van der Waals surface area contributed by atoms with E-state index < -0.39 is 22.9 Å². The summed E-state index contributed by atoms with van der Waals surface area (Å²) in [4.78, 5) is 12.4. The summed E-state index contributed by atoms with van der Waals surface area (Å²) in [6, 6.07) is 0. The molecule has 0 radical (unpaired) electrons. The summed E-state index contributed by atoms with van der Waals surface area (Å²) >= 11 is 0. The van der Waals surface area contributed by atoms with Gasteiger partial charge in [-0.15, -0.1) is 12.8 Å². The van der Waals surface area contributed by atoms with E-state index in [0.717, 1.165) is 25.7 Å². The van der Waals surface area contributed by atoms with Crippen LogP contribution >= 0.6 is 0 Å². The summed E-state index contributed by atoms with van der Waals surface area (Å²) in [7, 11) is 0. The van der Waals surface area contributed by atoms with Crippen molar-refractivity contribution in [2.24, 2.45) is 29.1 Å². The minimum Gasteiger partial charge on any atom is -0.458 e. The zero-order valence-corrected chi connectivity index (χ0v) is 26.2. The maximum absolute atomic E-state index is 12.4. The van der Waals surface area contributed by atoms with Crippen molar-refractivity contribution in [3.63, 3.8) is 0 Å². The van der Waals surface area contributed by atoms with Crippen LogP contribution in [0.5, 0.6) is 0 Å². The molecular formula is C33H58O6. The molecule has 4 N–H and O–H groups in total. The predicted octanol–water partition coefficient (Wildman–Crippen LogP) is 6.02. The van der Waals surface area contributed by atoms with Crippen molar-refractivity contribution in [3.8, 4) is 12.8 Å². The number of aliphatic hydroxyl groups excluding tert-OH is 1. The topological polar surface area (TPSA) is 111 Å². The van der Waals surface area contributed by atoms with Crippen molar-refractivity contribution >= 4 is 5.97 Å². The van der Waals surface area contributed by atoms with Gasteiger partial charge in [0.2, 0.25) is 0 Å². The van der Waals surface area contributed by atoms with Crippen molar-refractivity contribution < 1.29 is 30.0 Å². The molecule has 3 aliphatic carbocycles. The lowest BCUT2D eigenvalue weighted by atomic mass is 9.51. The maximum atomic E-state index is 12.4. The molecule has 6 heteroatoms. The van der Waals surface area contributed by atoms with Crippen LogP contribution in [0.3, 0.4) is 0 Å². The lowest BCUT2D eigenvalue weighted by Crippen LogP contribution is -2.57. The molecule has 0 aromatic heterocycles. The number of hydrogen-bond donors (Lipinski definition) is 2. The minimum atomic E-state index is -0.869. The number of carbonyl (C=O) groups is 1.